The van der Waals surface area contributed by atoms with Crippen molar-refractivity contribution in [3.05, 3.63) is 29.8 Å². The van der Waals surface area contributed by atoms with Crippen molar-refractivity contribution < 1.29 is 4.79 Å². The van der Waals surface area contributed by atoms with E-state index in [0.717, 1.165) is 12.1 Å². The van der Waals surface area contributed by atoms with E-state index in [9.17, 15) is 4.79 Å². The third-order valence-corrected chi connectivity index (χ3v) is 3.09. The molecule has 0 aliphatic heterocycles. The van der Waals surface area contributed by atoms with Gasteiger partial charge in [0.1, 0.15) is 0 Å². The van der Waals surface area contributed by atoms with Crippen LogP contribution in [0.5, 0.6) is 0 Å². The van der Waals surface area contributed by atoms with Gasteiger partial charge in [-0.15, -0.1) is 0 Å². The highest BCUT2D eigenvalue weighted by Crippen LogP contribution is 2.15. The quantitative estimate of drug-likeness (QED) is 0.751. The van der Waals surface area contributed by atoms with Gasteiger partial charge in [-0.25, -0.2) is 4.79 Å². The van der Waals surface area contributed by atoms with Gasteiger partial charge in [0.15, 0.2) is 0 Å². The normalized spacial score (nSPS) is 13.8. The van der Waals surface area contributed by atoms with Crippen molar-refractivity contribution >= 4 is 11.7 Å². The van der Waals surface area contributed by atoms with Gasteiger partial charge in [0.05, 0.1) is 0 Å². The average molecular weight is 249 g/mol. The molecule has 0 aromatic heterocycles. The number of hydrogen-bond acceptors (Lipinski definition) is 2. The Morgan fingerprint density at radius 3 is 2.33 bits per heavy atom. The van der Waals surface area contributed by atoms with Gasteiger partial charge in [-0.05, 0) is 45.0 Å². The Morgan fingerprint density at radius 1 is 1.22 bits per heavy atom. The third kappa shape index (κ3) is 4.37. The first-order chi connectivity index (χ1) is 8.56. The van der Waals surface area contributed by atoms with E-state index in [1.165, 1.54) is 5.56 Å². The van der Waals surface area contributed by atoms with Crippen LogP contribution in [-0.4, -0.2) is 19.1 Å². The zero-order chi connectivity index (χ0) is 13.5. The number of benzene rings is 1. The molecule has 4 heteroatoms. The van der Waals surface area contributed by atoms with Gasteiger partial charge in [0.2, 0.25) is 0 Å². The summed E-state index contributed by atoms with van der Waals surface area (Å²) in [5.41, 5.74) is 2.01. The van der Waals surface area contributed by atoms with Crippen molar-refractivity contribution in [3.63, 3.8) is 0 Å². The zero-order valence-corrected chi connectivity index (χ0v) is 11.6. The Morgan fingerprint density at radius 2 is 1.83 bits per heavy atom. The van der Waals surface area contributed by atoms with Gasteiger partial charge in [0, 0.05) is 17.8 Å². The van der Waals surface area contributed by atoms with Crippen LogP contribution in [0.4, 0.5) is 10.5 Å². The van der Waals surface area contributed by atoms with Crippen LogP contribution < -0.4 is 16.0 Å². The van der Waals surface area contributed by atoms with E-state index >= 15 is 0 Å². The SMILES string of the molecule is CCC(C)NC(=O)Nc1ccc(C(C)NC)cc1. The lowest BCUT2D eigenvalue weighted by atomic mass is 10.1. The van der Waals surface area contributed by atoms with E-state index in [2.05, 4.69) is 22.9 Å². The lowest BCUT2D eigenvalue weighted by Gasteiger charge is -2.14. The van der Waals surface area contributed by atoms with E-state index in [0.29, 0.717) is 6.04 Å². The first kappa shape index (κ1) is 14.5. The third-order valence-electron chi connectivity index (χ3n) is 3.09. The molecule has 0 aliphatic rings. The molecule has 0 spiro atoms. The molecule has 2 amide bonds. The number of anilines is 1. The molecule has 1 aromatic carbocycles. The molecule has 100 valence electrons. The molecule has 2 atom stereocenters. The van der Waals surface area contributed by atoms with Crippen LogP contribution in [0, 0.1) is 0 Å². The molecule has 1 rings (SSSR count). The molecular weight excluding hydrogens is 226 g/mol. The second-order valence-electron chi connectivity index (χ2n) is 4.54. The summed E-state index contributed by atoms with van der Waals surface area (Å²) in [7, 11) is 1.93. The molecule has 0 aliphatic carbocycles. The number of carbonyl (C=O) groups is 1. The summed E-state index contributed by atoms with van der Waals surface area (Å²) < 4.78 is 0. The maximum absolute atomic E-state index is 11.6. The minimum Gasteiger partial charge on any atom is -0.335 e. The number of nitrogens with one attached hydrogen (secondary N) is 3. The second-order valence-corrected chi connectivity index (χ2v) is 4.54. The fourth-order valence-corrected chi connectivity index (χ4v) is 1.51. The monoisotopic (exact) mass is 249 g/mol. The molecule has 4 nitrogen and oxygen atoms in total. The van der Waals surface area contributed by atoms with E-state index in [1.54, 1.807) is 0 Å². The lowest BCUT2D eigenvalue weighted by molar-refractivity contribution is 0.249. The van der Waals surface area contributed by atoms with Crippen LogP contribution in [-0.2, 0) is 0 Å². The summed E-state index contributed by atoms with van der Waals surface area (Å²) in [6.45, 7) is 6.12. The first-order valence-electron chi connectivity index (χ1n) is 6.41. The summed E-state index contributed by atoms with van der Waals surface area (Å²) >= 11 is 0. The van der Waals surface area contributed by atoms with Crippen molar-refractivity contribution in [1.29, 1.82) is 0 Å². The molecule has 3 N–H and O–H groups in total. The number of hydrogen-bond donors (Lipinski definition) is 3. The Kier molecular flexibility index (Phi) is 5.65. The predicted octanol–water partition coefficient (Wildman–Crippen LogP) is 2.89. The van der Waals surface area contributed by atoms with Crippen molar-refractivity contribution in [2.24, 2.45) is 0 Å². The summed E-state index contributed by atoms with van der Waals surface area (Å²) in [5, 5.41) is 8.86. The van der Waals surface area contributed by atoms with E-state index in [-0.39, 0.29) is 12.1 Å². The van der Waals surface area contributed by atoms with Crippen LogP contribution in [0.25, 0.3) is 0 Å². The molecule has 1 aromatic rings. The second kappa shape index (κ2) is 7.01. The smallest absolute Gasteiger partial charge is 0.319 e. The maximum atomic E-state index is 11.6. The van der Waals surface area contributed by atoms with Crippen LogP contribution in [0.3, 0.4) is 0 Å². The van der Waals surface area contributed by atoms with E-state index in [1.807, 2.05) is 45.2 Å². The molecule has 0 saturated carbocycles. The maximum Gasteiger partial charge on any atom is 0.319 e. The fourth-order valence-electron chi connectivity index (χ4n) is 1.51. The standard InChI is InChI=1S/C14H23N3O/c1-5-10(2)16-14(18)17-13-8-6-12(7-9-13)11(3)15-4/h6-11,15H,5H2,1-4H3,(H2,16,17,18). The van der Waals surface area contributed by atoms with Gasteiger partial charge < -0.3 is 16.0 Å². The predicted molar refractivity (Wildman–Crippen MR) is 75.8 cm³/mol. The molecule has 2 unspecified atom stereocenters. The zero-order valence-electron chi connectivity index (χ0n) is 11.6. The molecule has 0 radical (unpaired) electrons. The van der Waals surface area contributed by atoms with Crippen LogP contribution in [0.15, 0.2) is 24.3 Å². The fraction of sp³-hybridized carbons (Fsp3) is 0.500. The van der Waals surface area contributed by atoms with Gasteiger partial charge in [-0.3, -0.25) is 0 Å². The highest BCUT2D eigenvalue weighted by Gasteiger charge is 2.06. The van der Waals surface area contributed by atoms with Gasteiger partial charge >= 0.3 is 6.03 Å². The van der Waals surface area contributed by atoms with Gasteiger partial charge in [-0.1, -0.05) is 19.1 Å². The molecular formula is C14H23N3O. The highest BCUT2D eigenvalue weighted by atomic mass is 16.2. The molecule has 18 heavy (non-hydrogen) atoms. The first-order valence-corrected chi connectivity index (χ1v) is 6.41. The minimum absolute atomic E-state index is 0.154. The summed E-state index contributed by atoms with van der Waals surface area (Å²) in [4.78, 5) is 11.6. The minimum atomic E-state index is -0.154. The van der Waals surface area contributed by atoms with Gasteiger partial charge in [-0.2, -0.15) is 0 Å². The Balaban J connectivity index is 2.55. The summed E-state index contributed by atoms with van der Waals surface area (Å²) in [6, 6.07) is 8.21. The van der Waals surface area contributed by atoms with Crippen molar-refractivity contribution in [1.82, 2.24) is 10.6 Å². The Hall–Kier alpha value is -1.55. The topological polar surface area (TPSA) is 53.2 Å². The number of carbonyl (C=O) groups excluding carboxylic acids is 1. The van der Waals surface area contributed by atoms with Crippen LogP contribution in [0.1, 0.15) is 38.8 Å². The molecule has 0 saturated heterocycles. The Bertz CT molecular complexity index is 375. The largest absolute Gasteiger partial charge is 0.335 e. The molecule has 0 heterocycles. The number of amides is 2. The summed E-state index contributed by atoms with van der Waals surface area (Å²) in [6.07, 6.45) is 0.923. The van der Waals surface area contributed by atoms with Crippen molar-refractivity contribution in [2.45, 2.75) is 39.3 Å². The Labute approximate surface area is 109 Å². The van der Waals surface area contributed by atoms with Crippen LogP contribution >= 0.6 is 0 Å². The number of urea groups is 1. The van der Waals surface area contributed by atoms with E-state index in [4.69, 9.17) is 0 Å². The number of rotatable bonds is 5. The van der Waals surface area contributed by atoms with Crippen LogP contribution in [0.2, 0.25) is 0 Å². The highest BCUT2D eigenvalue weighted by molar-refractivity contribution is 5.89. The molecule has 0 fully saturated rings. The van der Waals surface area contributed by atoms with Crippen molar-refractivity contribution in [2.75, 3.05) is 12.4 Å². The van der Waals surface area contributed by atoms with Crippen molar-refractivity contribution in [3.8, 4) is 0 Å². The van der Waals surface area contributed by atoms with E-state index < -0.39 is 0 Å². The average Bonchev–Trinajstić information content (AvgIpc) is 2.38. The lowest BCUT2D eigenvalue weighted by Crippen LogP contribution is -2.35. The molecule has 0 bridgehead atoms. The van der Waals surface area contributed by atoms with Gasteiger partial charge in [0.25, 0.3) is 0 Å². The summed E-state index contributed by atoms with van der Waals surface area (Å²) in [5.74, 6) is 0.